The maximum atomic E-state index is 2.51. The van der Waals surface area contributed by atoms with Gasteiger partial charge in [0, 0.05) is 22.4 Å². The van der Waals surface area contributed by atoms with Gasteiger partial charge in [0.05, 0.1) is 11.0 Å². The molecule has 1 aromatic heterocycles. The monoisotopic (exact) mass is 749 g/mol. The molecule has 1 aliphatic carbocycles. The number of nitrogens with zero attached hydrogens (tertiary/aromatic N) is 1. The maximum Gasteiger partial charge on any atom is 0.0541 e. The highest BCUT2D eigenvalue weighted by Crippen LogP contribution is 2.47. The molecule has 1 unspecified atom stereocenters. The van der Waals surface area contributed by atoms with Gasteiger partial charge in [-0.3, -0.25) is 0 Å². The summed E-state index contributed by atoms with van der Waals surface area (Å²) in [5.41, 5.74) is 21.8. The minimum atomic E-state index is 0.0645. The van der Waals surface area contributed by atoms with E-state index in [0.29, 0.717) is 0 Å². The lowest BCUT2D eigenvalue weighted by Gasteiger charge is -2.32. The molecule has 1 heteroatoms. The minimum Gasteiger partial charge on any atom is -0.309 e. The summed E-state index contributed by atoms with van der Waals surface area (Å²) in [6, 6.07) is 43.2. The molecule has 7 aromatic rings. The van der Waals surface area contributed by atoms with Crippen LogP contribution in [0.3, 0.4) is 0 Å². The number of aromatic nitrogens is 1. The van der Waals surface area contributed by atoms with Gasteiger partial charge in [-0.25, -0.2) is 0 Å². The van der Waals surface area contributed by atoms with Crippen molar-refractivity contribution in [3.63, 3.8) is 0 Å². The van der Waals surface area contributed by atoms with Crippen molar-refractivity contribution in [2.75, 3.05) is 0 Å². The Hall–Kier alpha value is -4.88. The summed E-state index contributed by atoms with van der Waals surface area (Å²) >= 11 is 0. The summed E-state index contributed by atoms with van der Waals surface area (Å²) in [6.45, 7) is 32.4. The van der Waals surface area contributed by atoms with Crippen molar-refractivity contribution in [3.8, 4) is 27.9 Å². The van der Waals surface area contributed by atoms with Crippen LogP contribution in [0.2, 0.25) is 0 Å². The van der Waals surface area contributed by atoms with E-state index in [0.717, 1.165) is 6.42 Å². The van der Waals surface area contributed by atoms with Gasteiger partial charge in [-0.1, -0.05) is 156 Å². The van der Waals surface area contributed by atoms with Crippen LogP contribution in [0.1, 0.15) is 139 Å². The van der Waals surface area contributed by atoms with Gasteiger partial charge >= 0.3 is 0 Å². The Morgan fingerprint density at radius 3 is 1.42 bits per heavy atom. The number of hydrogen-bond acceptors (Lipinski definition) is 0. The van der Waals surface area contributed by atoms with Crippen molar-refractivity contribution in [1.82, 2.24) is 4.57 Å². The Balaban J connectivity index is 1.28. The average molecular weight is 750 g/mol. The van der Waals surface area contributed by atoms with Gasteiger partial charge in [-0.2, -0.15) is 0 Å². The lowest BCUT2D eigenvalue weighted by molar-refractivity contribution is 0.588. The Bertz CT molecular complexity index is 2630. The first kappa shape index (κ1) is 39.0. The summed E-state index contributed by atoms with van der Waals surface area (Å²) < 4.78 is 2.50. The van der Waals surface area contributed by atoms with Gasteiger partial charge in [0.25, 0.3) is 0 Å². The van der Waals surface area contributed by atoms with Crippen LogP contribution in [-0.2, 0) is 28.1 Å². The Kier molecular flexibility index (Phi) is 9.12. The Morgan fingerprint density at radius 2 is 0.877 bits per heavy atom. The Labute approximate surface area is 343 Å². The predicted molar refractivity (Wildman–Crippen MR) is 248 cm³/mol. The van der Waals surface area contributed by atoms with Crippen molar-refractivity contribution >= 4 is 21.8 Å². The van der Waals surface area contributed by atoms with Crippen LogP contribution in [0.4, 0.5) is 0 Å². The second kappa shape index (κ2) is 13.3. The van der Waals surface area contributed by atoms with Gasteiger partial charge in [0.1, 0.15) is 0 Å². The smallest absolute Gasteiger partial charge is 0.0541 e. The standard InChI is InChI=1S/C56H63N/c1-34-15-17-36(46-28-37-18-19-38(53(3,4)5)29-47(37)48-30-39(54(6,7)8)20-24-43(46)48)27-44(34)45-33-42(23-16-35(45)2)57-51-25-21-40(55(9,10)11)31-49(51)50-32-41(56(12,13)14)22-26-52(50)57/h15-27,29-33,46H,28H2,1-14H3. The third kappa shape index (κ3) is 6.96. The number of fused-ring (bicyclic) bond motifs is 6. The topological polar surface area (TPSA) is 4.93 Å². The minimum absolute atomic E-state index is 0.0645. The first-order valence-corrected chi connectivity index (χ1v) is 21.2. The van der Waals surface area contributed by atoms with Crippen LogP contribution in [0.5, 0.6) is 0 Å². The summed E-state index contributed by atoms with van der Waals surface area (Å²) in [5, 5.41) is 2.65. The van der Waals surface area contributed by atoms with E-state index in [1.165, 1.54) is 99.8 Å². The fourth-order valence-electron chi connectivity index (χ4n) is 9.08. The van der Waals surface area contributed by atoms with E-state index >= 15 is 0 Å². The average Bonchev–Trinajstić information content (AvgIpc) is 3.46. The van der Waals surface area contributed by atoms with E-state index in [2.05, 4.69) is 211 Å². The van der Waals surface area contributed by atoms with Crippen molar-refractivity contribution in [3.05, 3.63) is 159 Å². The normalized spacial score (nSPS) is 14.9. The summed E-state index contributed by atoms with van der Waals surface area (Å²) in [6.07, 6.45) is 0.998. The lowest BCUT2D eigenvalue weighted by Crippen LogP contribution is -2.18. The maximum absolute atomic E-state index is 2.51. The second-order valence-electron chi connectivity index (χ2n) is 21.3. The number of benzene rings is 6. The molecule has 1 atom stereocenters. The highest BCUT2D eigenvalue weighted by Gasteiger charge is 2.30. The Morgan fingerprint density at radius 1 is 0.421 bits per heavy atom. The molecule has 292 valence electrons. The van der Waals surface area contributed by atoms with Gasteiger partial charge in [0.15, 0.2) is 0 Å². The van der Waals surface area contributed by atoms with Crippen molar-refractivity contribution in [1.29, 1.82) is 0 Å². The molecule has 0 amide bonds. The molecule has 0 bridgehead atoms. The molecule has 1 heterocycles. The molecule has 0 radical (unpaired) electrons. The first-order valence-electron chi connectivity index (χ1n) is 21.2. The van der Waals surface area contributed by atoms with E-state index in [1.54, 1.807) is 0 Å². The number of hydrogen-bond donors (Lipinski definition) is 0. The summed E-state index contributed by atoms with van der Waals surface area (Å²) in [5.74, 6) is 0.274. The zero-order valence-electron chi connectivity index (χ0n) is 37.1. The van der Waals surface area contributed by atoms with Crippen molar-refractivity contribution < 1.29 is 0 Å². The van der Waals surface area contributed by atoms with E-state index in [9.17, 15) is 0 Å². The molecule has 1 aliphatic rings. The van der Waals surface area contributed by atoms with Crippen LogP contribution < -0.4 is 0 Å². The largest absolute Gasteiger partial charge is 0.309 e. The van der Waals surface area contributed by atoms with Gasteiger partial charge < -0.3 is 4.57 Å². The molecule has 0 saturated heterocycles. The van der Waals surface area contributed by atoms with Gasteiger partial charge in [0.2, 0.25) is 0 Å². The number of aryl methyl sites for hydroxylation is 2. The quantitative estimate of drug-likeness (QED) is 0.170. The fourth-order valence-corrected chi connectivity index (χ4v) is 9.08. The molecule has 0 fully saturated rings. The van der Waals surface area contributed by atoms with Gasteiger partial charge in [-0.05, 0) is 151 Å². The first-order chi connectivity index (χ1) is 26.6. The lowest BCUT2D eigenvalue weighted by atomic mass is 9.72. The van der Waals surface area contributed by atoms with E-state index in [-0.39, 0.29) is 27.6 Å². The molecule has 8 rings (SSSR count). The number of rotatable bonds is 3. The van der Waals surface area contributed by atoms with Crippen LogP contribution in [-0.4, -0.2) is 4.57 Å². The highest BCUT2D eigenvalue weighted by molar-refractivity contribution is 6.10. The SMILES string of the molecule is Cc1ccc(C2Cc3ccc(C(C)(C)C)cc3-c3cc(C(C)(C)C)ccc32)cc1-c1cc(-n2c3ccc(C(C)(C)C)cc3c3cc(C(C)(C)C)ccc32)ccc1C. The van der Waals surface area contributed by atoms with E-state index in [4.69, 9.17) is 0 Å². The summed E-state index contributed by atoms with van der Waals surface area (Å²) in [7, 11) is 0. The zero-order valence-corrected chi connectivity index (χ0v) is 37.1. The molecule has 0 saturated carbocycles. The highest BCUT2D eigenvalue weighted by atomic mass is 15.0. The third-order valence-electron chi connectivity index (χ3n) is 12.9. The van der Waals surface area contributed by atoms with Crippen molar-refractivity contribution in [2.45, 2.75) is 131 Å². The third-order valence-corrected chi connectivity index (χ3v) is 12.9. The molecule has 6 aromatic carbocycles. The van der Waals surface area contributed by atoms with Crippen LogP contribution in [0.25, 0.3) is 49.7 Å². The molecular weight excluding hydrogens is 687 g/mol. The summed E-state index contributed by atoms with van der Waals surface area (Å²) in [4.78, 5) is 0. The van der Waals surface area contributed by atoms with E-state index < -0.39 is 0 Å². The molecular formula is C56H63N. The molecule has 0 spiro atoms. The van der Waals surface area contributed by atoms with E-state index in [1.807, 2.05) is 0 Å². The molecule has 1 nitrogen and oxygen atoms in total. The molecule has 57 heavy (non-hydrogen) atoms. The fraction of sp³-hybridized carbons (Fsp3) is 0.357. The zero-order chi connectivity index (χ0) is 41.0. The predicted octanol–water partition coefficient (Wildman–Crippen LogP) is 15.6. The molecule has 0 N–H and O–H groups in total. The van der Waals surface area contributed by atoms with Crippen LogP contribution in [0.15, 0.2) is 109 Å². The van der Waals surface area contributed by atoms with Crippen LogP contribution in [0, 0.1) is 13.8 Å². The second-order valence-corrected chi connectivity index (χ2v) is 21.3. The van der Waals surface area contributed by atoms with Gasteiger partial charge in [-0.15, -0.1) is 0 Å². The van der Waals surface area contributed by atoms with Crippen LogP contribution >= 0.6 is 0 Å². The van der Waals surface area contributed by atoms with Crippen molar-refractivity contribution in [2.24, 2.45) is 0 Å². The molecule has 0 aliphatic heterocycles.